The summed E-state index contributed by atoms with van der Waals surface area (Å²) >= 11 is 0. The normalized spacial score (nSPS) is 24.0. The van der Waals surface area contributed by atoms with E-state index < -0.39 is 5.97 Å². The fourth-order valence-electron chi connectivity index (χ4n) is 6.24. The summed E-state index contributed by atoms with van der Waals surface area (Å²) in [5.41, 5.74) is 4.65. The number of hydrogen-bond donors (Lipinski definition) is 1. The topological polar surface area (TPSA) is 84.7 Å². The third kappa shape index (κ3) is 4.34. The van der Waals surface area contributed by atoms with Crippen LogP contribution in [-0.4, -0.2) is 45.3 Å². The Morgan fingerprint density at radius 3 is 2.55 bits per heavy atom. The molecule has 5 rings (SSSR count). The maximum atomic E-state index is 12.2. The average molecular weight is 454 g/mol. The van der Waals surface area contributed by atoms with Crippen molar-refractivity contribution in [1.82, 2.24) is 14.5 Å². The number of ether oxygens (including phenoxy) is 1. The minimum Gasteiger partial charge on any atom is -0.481 e. The van der Waals surface area contributed by atoms with Crippen molar-refractivity contribution in [3.05, 3.63) is 29.1 Å². The third-order valence-electron chi connectivity index (χ3n) is 8.19. The molecular weight excluding hydrogens is 418 g/mol. The third-order valence-corrected chi connectivity index (χ3v) is 8.19. The number of fused-ring (bicyclic) bond motifs is 3. The highest BCUT2D eigenvalue weighted by atomic mass is 16.5. The molecule has 0 saturated heterocycles. The highest BCUT2D eigenvalue weighted by molar-refractivity contribution is 5.82. The number of rotatable bonds is 4. The van der Waals surface area contributed by atoms with Crippen molar-refractivity contribution in [2.24, 2.45) is 11.8 Å². The predicted molar refractivity (Wildman–Crippen MR) is 125 cm³/mol. The van der Waals surface area contributed by atoms with E-state index >= 15 is 0 Å². The Labute approximate surface area is 195 Å². The van der Waals surface area contributed by atoms with Crippen LogP contribution in [-0.2, 0) is 29.0 Å². The van der Waals surface area contributed by atoms with Gasteiger partial charge in [0, 0.05) is 24.6 Å². The molecule has 3 aliphatic rings. The van der Waals surface area contributed by atoms with Crippen molar-refractivity contribution in [1.29, 1.82) is 0 Å². The first kappa shape index (κ1) is 22.2. The van der Waals surface area contributed by atoms with Gasteiger partial charge in [0.1, 0.15) is 5.82 Å². The zero-order chi connectivity index (χ0) is 22.9. The van der Waals surface area contributed by atoms with Gasteiger partial charge in [0.05, 0.1) is 30.6 Å². The monoisotopic (exact) mass is 453 g/mol. The van der Waals surface area contributed by atoms with Crippen LogP contribution in [0, 0.1) is 11.8 Å². The van der Waals surface area contributed by atoms with Crippen molar-refractivity contribution >= 4 is 23.1 Å². The minimum absolute atomic E-state index is 0.185. The van der Waals surface area contributed by atoms with E-state index in [0.29, 0.717) is 24.9 Å². The maximum absolute atomic E-state index is 12.2. The van der Waals surface area contributed by atoms with Crippen molar-refractivity contribution < 1.29 is 19.4 Å². The summed E-state index contributed by atoms with van der Waals surface area (Å²) in [5, 5.41) is 9.38. The van der Waals surface area contributed by atoms with Gasteiger partial charge in [-0.15, -0.1) is 0 Å². The predicted octanol–water partition coefficient (Wildman–Crippen LogP) is 5.10. The van der Waals surface area contributed by atoms with Crippen molar-refractivity contribution in [3.63, 3.8) is 0 Å². The summed E-state index contributed by atoms with van der Waals surface area (Å²) < 4.78 is 7.44. The number of hydrogen-bond acceptors (Lipinski definition) is 4. The summed E-state index contributed by atoms with van der Waals surface area (Å²) in [7, 11) is 1.44. The largest absolute Gasteiger partial charge is 0.481 e. The first-order valence-electron chi connectivity index (χ1n) is 12.6. The van der Waals surface area contributed by atoms with E-state index in [-0.39, 0.29) is 12.0 Å². The zero-order valence-corrected chi connectivity index (χ0v) is 19.6. The number of carbonyl (C=O) groups is 2. The van der Waals surface area contributed by atoms with Crippen LogP contribution >= 0.6 is 0 Å². The Bertz CT molecular complexity index is 1030. The number of aliphatic carboxylic acids is 1. The molecule has 1 aliphatic heterocycles. The highest BCUT2D eigenvalue weighted by Crippen LogP contribution is 2.38. The molecule has 1 N–H and O–H groups in total. The van der Waals surface area contributed by atoms with Crippen molar-refractivity contribution in [3.8, 4) is 0 Å². The Hall–Kier alpha value is -2.57. The molecule has 7 nitrogen and oxygen atoms in total. The molecule has 0 unspecified atom stereocenters. The number of imidazole rings is 1. The summed E-state index contributed by atoms with van der Waals surface area (Å²) in [5.74, 6) is 1.34. The number of carboxylic acid groups (broad SMARTS) is 1. The fourth-order valence-corrected chi connectivity index (χ4v) is 6.24. The van der Waals surface area contributed by atoms with Gasteiger partial charge in [0.2, 0.25) is 0 Å². The quantitative estimate of drug-likeness (QED) is 0.696. The first-order valence-corrected chi connectivity index (χ1v) is 12.6. The SMILES string of the molecule is COC(=O)N1CCc2ccc3c(nc(C4CCCCC4)n3C[C@H]3CC[C@@H](C(=O)O)CC3)c2C1. The lowest BCUT2D eigenvalue weighted by Crippen LogP contribution is -2.35. The summed E-state index contributed by atoms with van der Waals surface area (Å²) in [6, 6.07) is 4.45. The van der Waals surface area contributed by atoms with Crippen LogP contribution in [0.2, 0.25) is 0 Å². The van der Waals surface area contributed by atoms with Gasteiger partial charge in [-0.1, -0.05) is 25.3 Å². The number of nitrogens with zero attached hydrogens (tertiary/aromatic N) is 3. The molecule has 33 heavy (non-hydrogen) atoms. The van der Waals surface area contributed by atoms with E-state index in [1.54, 1.807) is 4.90 Å². The Morgan fingerprint density at radius 1 is 1.09 bits per heavy atom. The smallest absolute Gasteiger partial charge is 0.409 e. The number of benzene rings is 1. The minimum atomic E-state index is -0.647. The molecule has 2 fully saturated rings. The number of aromatic nitrogens is 2. The van der Waals surface area contributed by atoms with Crippen LogP contribution in [0.25, 0.3) is 11.0 Å². The highest BCUT2D eigenvalue weighted by Gasteiger charge is 2.31. The molecule has 0 bridgehead atoms. The number of carbonyl (C=O) groups excluding carboxylic acids is 1. The van der Waals surface area contributed by atoms with Gasteiger partial charge in [-0.2, -0.15) is 0 Å². The van der Waals surface area contributed by atoms with Crippen LogP contribution in [0.4, 0.5) is 4.79 Å². The second kappa shape index (κ2) is 9.35. The lowest BCUT2D eigenvalue weighted by Gasteiger charge is -2.29. The van der Waals surface area contributed by atoms with Gasteiger partial charge >= 0.3 is 12.1 Å². The zero-order valence-electron chi connectivity index (χ0n) is 19.6. The Morgan fingerprint density at radius 2 is 1.85 bits per heavy atom. The molecule has 1 aromatic carbocycles. The maximum Gasteiger partial charge on any atom is 0.409 e. The molecule has 2 heterocycles. The van der Waals surface area contributed by atoms with E-state index in [4.69, 9.17) is 9.72 Å². The van der Waals surface area contributed by atoms with Gasteiger partial charge in [-0.3, -0.25) is 4.79 Å². The molecule has 0 atom stereocenters. The molecule has 0 spiro atoms. The van der Waals surface area contributed by atoms with E-state index in [1.165, 1.54) is 56.1 Å². The van der Waals surface area contributed by atoms with E-state index in [9.17, 15) is 14.7 Å². The summed E-state index contributed by atoms with van der Waals surface area (Å²) in [6.45, 7) is 2.13. The molecular formula is C26H35N3O4. The van der Waals surface area contributed by atoms with Crippen LogP contribution in [0.5, 0.6) is 0 Å². The lowest BCUT2D eigenvalue weighted by molar-refractivity contribution is -0.143. The Kier molecular flexibility index (Phi) is 6.30. The van der Waals surface area contributed by atoms with Gasteiger partial charge < -0.3 is 19.3 Å². The molecule has 0 radical (unpaired) electrons. The van der Waals surface area contributed by atoms with Crippen molar-refractivity contribution in [2.75, 3.05) is 13.7 Å². The lowest BCUT2D eigenvalue weighted by atomic mass is 9.82. The summed E-state index contributed by atoms with van der Waals surface area (Å²) in [6.07, 6.45) is 10.2. The van der Waals surface area contributed by atoms with Crippen molar-refractivity contribution in [2.45, 2.75) is 83.2 Å². The molecule has 7 heteroatoms. The van der Waals surface area contributed by atoms with Crippen LogP contribution in [0.15, 0.2) is 12.1 Å². The second-order valence-corrected chi connectivity index (χ2v) is 10.2. The van der Waals surface area contributed by atoms with E-state index in [0.717, 1.165) is 49.7 Å². The van der Waals surface area contributed by atoms with Crippen LogP contribution in [0.3, 0.4) is 0 Å². The summed E-state index contributed by atoms with van der Waals surface area (Å²) in [4.78, 5) is 30.6. The molecule has 2 aromatic rings. The van der Waals surface area contributed by atoms with Gasteiger partial charge in [0.15, 0.2) is 0 Å². The standard InChI is InChI=1S/C26H35N3O4/c1-33-26(32)28-14-13-18-11-12-22-23(21(18)16-28)27-24(19-5-3-2-4-6-19)29(22)15-17-7-9-20(10-8-17)25(30)31/h11-12,17,19-20H,2-10,13-16H2,1H3,(H,30,31)/t17-,20+. The molecule has 1 amide bonds. The second-order valence-electron chi connectivity index (χ2n) is 10.2. The van der Waals surface area contributed by atoms with Gasteiger partial charge in [-0.05, 0) is 62.5 Å². The van der Waals surface area contributed by atoms with Gasteiger partial charge in [-0.25, -0.2) is 9.78 Å². The molecule has 2 aliphatic carbocycles. The van der Waals surface area contributed by atoms with Gasteiger partial charge in [0.25, 0.3) is 0 Å². The van der Waals surface area contributed by atoms with E-state index in [2.05, 4.69) is 16.7 Å². The van der Waals surface area contributed by atoms with Crippen LogP contribution < -0.4 is 0 Å². The van der Waals surface area contributed by atoms with Crippen LogP contribution in [0.1, 0.15) is 80.7 Å². The molecule has 2 saturated carbocycles. The number of carboxylic acids is 1. The number of amides is 1. The van der Waals surface area contributed by atoms with E-state index in [1.807, 2.05) is 0 Å². The number of methoxy groups -OCH3 is 1. The molecule has 178 valence electrons. The molecule has 1 aromatic heterocycles. The average Bonchev–Trinajstić information content (AvgIpc) is 3.22. The first-order chi connectivity index (χ1) is 16.0. The fraction of sp³-hybridized carbons (Fsp3) is 0.654. The Balaban J connectivity index is 1.50.